The van der Waals surface area contributed by atoms with Gasteiger partial charge in [-0.05, 0) is 12.8 Å². The van der Waals surface area contributed by atoms with E-state index in [1.807, 2.05) is 0 Å². The van der Waals surface area contributed by atoms with Crippen molar-refractivity contribution < 1.29 is 10.3 Å². The average molecular weight is 442 g/mol. The van der Waals surface area contributed by atoms with E-state index < -0.39 is 0 Å². The Balaban J connectivity index is 3.03. The van der Waals surface area contributed by atoms with Crippen molar-refractivity contribution in [2.75, 3.05) is 19.7 Å². The van der Waals surface area contributed by atoms with Crippen LogP contribution in [0.4, 0.5) is 0 Å². The summed E-state index contributed by atoms with van der Waals surface area (Å²) in [4.78, 5) is 0. The zero-order valence-corrected chi connectivity index (χ0v) is 21.4. The van der Waals surface area contributed by atoms with Gasteiger partial charge in [0.2, 0.25) is 0 Å². The molecule has 0 aliphatic rings. The molecule has 0 saturated carbocycles. The number of hydrogen-bond donors (Lipinski definition) is 2. The second-order valence-electron chi connectivity index (χ2n) is 9.81. The molecular weight excluding hydrogens is 382 g/mol. The Kier molecular flexibility index (Phi) is 27.8. The summed E-state index contributed by atoms with van der Waals surface area (Å²) in [5.74, 6) is 0. The molecule has 3 nitrogen and oxygen atoms in total. The zero-order valence-electron chi connectivity index (χ0n) is 21.4. The number of rotatable bonds is 27. The Morgan fingerprint density at radius 3 is 0.935 bits per heavy atom. The third-order valence-electron chi connectivity index (χ3n) is 6.59. The minimum absolute atomic E-state index is 0.163. The van der Waals surface area contributed by atoms with E-state index in [1.54, 1.807) is 0 Å². The van der Waals surface area contributed by atoms with Crippen molar-refractivity contribution >= 4 is 0 Å². The molecule has 0 radical (unpaired) electrons. The molecular formula is C28H59NO2. The number of hydrogen-bond acceptors (Lipinski definition) is 3. The van der Waals surface area contributed by atoms with Gasteiger partial charge in [0.1, 0.15) is 0 Å². The Morgan fingerprint density at radius 1 is 0.387 bits per heavy atom. The fraction of sp³-hybridized carbons (Fsp3) is 1.00. The van der Waals surface area contributed by atoms with Crippen LogP contribution in [0, 0.1) is 0 Å². The van der Waals surface area contributed by atoms with Crippen molar-refractivity contribution in [1.29, 1.82) is 0 Å². The van der Waals surface area contributed by atoms with Gasteiger partial charge in [0.25, 0.3) is 0 Å². The molecule has 0 aromatic heterocycles. The number of nitrogens with zero attached hydrogens (tertiary/aromatic N) is 1. The van der Waals surface area contributed by atoms with E-state index in [1.165, 1.54) is 146 Å². The first kappa shape index (κ1) is 30.9. The zero-order chi connectivity index (χ0) is 22.7. The molecule has 3 heteroatoms. The van der Waals surface area contributed by atoms with Gasteiger partial charge in [0.05, 0.1) is 0 Å². The van der Waals surface area contributed by atoms with Crippen LogP contribution >= 0.6 is 0 Å². The van der Waals surface area contributed by atoms with E-state index in [0.717, 1.165) is 13.0 Å². The summed E-state index contributed by atoms with van der Waals surface area (Å²) < 4.78 is 0. The molecule has 0 aliphatic carbocycles. The molecule has 188 valence electrons. The maximum absolute atomic E-state index is 9.57. The van der Waals surface area contributed by atoms with Gasteiger partial charge in [-0.1, -0.05) is 148 Å². The lowest BCUT2D eigenvalue weighted by Crippen LogP contribution is -2.22. The monoisotopic (exact) mass is 441 g/mol. The van der Waals surface area contributed by atoms with Gasteiger partial charge in [0, 0.05) is 19.7 Å². The molecule has 0 unspecified atom stereocenters. The van der Waals surface area contributed by atoms with Crippen molar-refractivity contribution in [2.45, 2.75) is 161 Å². The lowest BCUT2D eigenvalue weighted by atomic mass is 10.0. The predicted octanol–water partition coefficient (Wildman–Crippen LogP) is 9.05. The third-order valence-corrected chi connectivity index (χ3v) is 6.59. The van der Waals surface area contributed by atoms with Crippen molar-refractivity contribution in [1.82, 2.24) is 5.06 Å². The number of aliphatic hydroxyl groups is 1. The molecule has 0 atom stereocenters. The molecule has 0 heterocycles. The van der Waals surface area contributed by atoms with Crippen LogP contribution in [0.3, 0.4) is 0 Å². The van der Waals surface area contributed by atoms with E-state index in [9.17, 15) is 5.21 Å². The van der Waals surface area contributed by atoms with Gasteiger partial charge >= 0.3 is 0 Å². The summed E-state index contributed by atoms with van der Waals surface area (Å²) in [7, 11) is 0. The topological polar surface area (TPSA) is 43.7 Å². The van der Waals surface area contributed by atoms with E-state index >= 15 is 0 Å². The lowest BCUT2D eigenvalue weighted by Gasteiger charge is -2.13. The molecule has 0 rings (SSSR count). The average Bonchev–Trinajstić information content (AvgIpc) is 2.78. The van der Waals surface area contributed by atoms with Gasteiger partial charge in [-0.15, -0.1) is 0 Å². The molecule has 0 amide bonds. The van der Waals surface area contributed by atoms with Gasteiger partial charge in [-0.3, -0.25) is 0 Å². The van der Waals surface area contributed by atoms with Crippen LogP contribution < -0.4 is 0 Å². The summed E-state index contributed by atoms with van der Waals surface area (Å²) in [5.41, 5.74) is 0. The van der Waals surface area contributed by atoms with E-state index in [2.05, 4.69) is 6.92 Å². The van der Waals surface area contributed by atoms with E-state index in [4.69, 9.17) is 5.11 Å². The van der Waals surface area contributed by atoms with Crippen molar-refractivity contribution in [2.24, 2.45) is 0 Å². The summed E-state index contributed by atoms with van der Waals surface area (Å²) in [6.45, 7) is 3.80. The molecule has 31 heavy (non-hydrogen) atoms. The van der Waals surface area contributed by atoms with Crippen LogP contribution in [0.1, 0.15) is 161 Å². The summed E-state index contributed by atoms with van der Waals surface area (Å²) in [6.07, 6.45) is 33.0. The van der Waals surface area contributed by atoms with Crippen LogP contribution in [-0.4, -0.2) is 35.1 Å². The maximum atomic E-state index is 9.57. The third kappa shape index (κ3) is 27.8. The highest BCUT2D eigenvalue weighted by molar-refractivity contribution is 4.52. The first-order valence-corrected chi connectivity index (χ1v) is 14.4. The van der Waals surface area contributed by atoms with Crippen LogP contribution in [0.2, 0.25) is 0 Å². The quantitative estimate of drug-likeness (QED) is 0.0986. The molecule has 2 N–H and O–H groups in total. The number of unbranched alkanes of at least 4 members (excludes halogenated alkanes) is 22. The van der Waals surface area contributed by atoms with Gasteiger partial charge in [0.15, 0.2) is 0 Å². The normalized spacial score (nSPS) is 11.6. The van der Waals surface area contributed by atoms with E-state index in [0.29, 0.717) is 13.0 Å². The van der Waals surface area contributed by atoms with Gasteiger partial charge < -0.3 is 10.3 Å². The summed E-state index contributed by atoms with van der Waals surface area (Å²) >= 11 is 0. The fourth-order valence-electron chi connectivity index (χ4n) is 4.44. The smallest absolute Gasteiger partial charge is 0.0444 e. The van der Waals surface area contributed by atoms with Gasteiger partial charge in [-0.25, -0.2) is 0 Å². The molecule has 0 aromatic rings. The lowest BCUT2D eigenvalue weighted by molar-refractivity contribution is -0.0940. The summed E-state index contributed by atoms with van der Waals surface area (Å²) in [6, 6.07) is 0. The molecule has 0 bridgehead atoms. The largest absolute Gasteiger partial charge is 0.396 e. The first-order chi connectivity index (χ1) is 15.3. The molecule has 0 aliphatic heterocycles. The standard InChI is InChI=1S/C28H59NO2/c1-2-3-4-5-6-7-8-9-10-11-12-13-14-15-16-17-18-19-20-21-22-23-24-26-29(31)27-25-28-30/h30-31H,2-28H2,1H3. The second-order valence-corrected chi connectivity index (χ2v) is 9.81. The van der Waals surface area contributed by atoms with Crippen LogP contribution in [0.25, 0.3) is 0 Å². The number of hydroxylamine groups is 2. The van der Waals surface area contributed by atoms with Crippen LogP contribution in [0.5, 0.6) is 0 Å². The predicted molar refractivity (Wildman–Crippen MR) is 137 cm³/mol. The molecule has 0 fully saturated rings. The Morgan fingerprint density at radius 2 is 0.645 bits per heavy atom. The Labute approximate surface area is 196 Å². The number of aliphatic hydroxyl groups excluding tert-OH is 1. The van der Waals surface area contributed by atoms with Crippen molar-refractivity contribution in [3.8, 4) is 0 Å². The maximum Gasteiger partial charge on any atom is 0.0444 e. The van der Waals surface area contributed by atoms with Crippen molar-refractivity contribution in [3.63, 3.8) is 0 Å². The van der Waals surface area contributed by atoms with Crippen LogP contribution in [0.15, 0.2) is 0 Å². The summed E-state index contributed by atoms with van der Waals surface area (Å²) in [5, 5.41) is 19.7. The minimum atomic E-state index is 0.163. The first-order valence-electron chi connectivity index (χ1n) is 14.4. The fourth-order valence-corrected chi connectivity index (χ4v) is 4.44. The highest BCUT2D eigenvalue weighted by Gasteiger charge is 1.99. The highest BCUT2D eigenvalue weighted by Crippen LogP contribution is 2.15. The molecule has 0 saturated heterocycles. The minimum Gasteiger partial charge on any atom is -0.396 e. The van der Waals surface area contributed by atoms with Gasteiger partial charge in [-0.2, -0.15) is 5.06 Å². The Bertz CT molecular complexity index is 311. The van der Waals surface area contributed by atoms with Crippen LogP contribution in [-0.2, 0) is 0 Å². The Hall–Kier alpha value is -0.120. The molecule has 0 aromatic carbocycles. The SMILES string of the molecule is CCCCCCCCCCCCCCCCCCCCCCCCCN(O)CCCO. The second kappa shape index (κ2) is 27.9. The van der Waals surface area contributed by atoms with Crippen molar-refractivity contribution in [3.05, 3.63) is 0 Å². The molecule has 0 spiro atoms. The van der Waals surface area contributed by atoms with E-state index in [-0.39, 0.29) is 6.61 Å². The highest BCUT2D eigenvalue weighted by atomic mass is 16.5.